The van der Waals surface area contributed by atoms with Crippen LogP contribution in [0.1, 0.15) is 40.9 Å². The van der Waals surface area contributed by atoms with Gasteiger partial charge in [0.05, 0.1) is 12.3 Å². The molecule has 1 aromatic heterocycles. The zero-order valence-electron chi connectivity index (χ0n) is 12.2. The Morgan fingerprint density at radius 3 is 2.68 bits per heavy atom. The van der Waals surface area contributed by atoms with E-state index in [2.05, 4.69) is 10.5 Å². The minimum absolute atomic E-state index is 0.222. The number of nitrogens with zero attached hydrogens (tertiary/aromatic N) is 1. The number of ether oxygens (including phenoxy) is 1. The van der Waals surface area contributed by atoms with Crippen LogP contribution in [0, 0.1) is 0 Å². The van der Waals surface area contributed by atoms with Gasteiger partial charge in [-0.15, -0.1) is 11.3 Å². The van der Waals surface area contributed by atoms with E-state index in [9.17, 15) is 4.79 Å². The van der Waals surface area contributed by atoms with Gasteiger partial charge in [-0.25, -0.2) is 5.43 Å². The van der Waals surface area contributed by atoms with E-state index >= 15 is 0 Å². The van der Waals surface area contributed by atoms with Gasteiger partial charge in [0, 0.05) is 10.4 Å². The van der Waals surface area contributed by atoms with Crippen molar-refractivity contribution in [1.82, 2.24) is 5.43 Å². The van der Waals surface area contributed by atoms with Crippen molar-refractivity contribution in [3.63, 3.8) is 0 Å². The summed E-state index contributed by atoms with van der Waals surface area (Å²) in [5, 5.41) is 5.91. The number of hydrogen-bond acceptors (Lipinski definition) is 4. The molecule has 0 saturated heterocycles. The largest absolute Gasteiger partial charge is 0.490 e. The molecule has 114 valence electrons. The first-order valence-corrected chi connectivity index (χ1v) is 8.33. The van der Waals surface area contributed by atoms with Crippen LogP contribution < -0.4 is 10.2 Å². The summed E-state index contributed by atoms with van der Waals surface area (Å²) in [6, 6.07) is 11.1. The minimum Gasteiger partial charge on any atom is -0.490 e. The molecule has 0 spiro atoms. The Labute approximate surface area is 133 Å². The van der Waals surface area contributed by atoms with E-state index in [1.807, 2.05) is 29.6 Å². The zero-order valence-corrected chi connectivity index (χ0v) is 13.0. The van der Waals surface area contributed by atoms with Gasteiger partial charge in [0.25, 0.3) is 5.91 Å². The first kappa shape index (κ1) is 14.8. The maximum Gasteiger partial charge on any atom is 0.271 e. The number of hydrogen-bond donors (Lipinski definition) is 1. The molecule has 1 aliphatic carbocycles. The highest BCUT2D eigenvalue weighted by Crippen LogP contribution is 2.24. The summed E-state index contributed by atoms with van der Waals surface area (Å²) in [5.41, 5.74) is 3.10. The van der Waals surface area contributed by atoms with Crippen molar-refractivity contribution in [3.05, 3.63) is 52.2 Å². The van der Waals surface area contributed by atoms with Crippen LogP contribution in [-0.4, -0.2) is 18.2 Å². The third kappa shape index (κ3) is 3.95. The zero-order chi connectivity index (χ0) is 15.2. The molecule has 1 amide bonds. The Morgan fingerprint density at radius 1 is 1.23 bits per heavy atom. The molecule has 1 N–H and O–H groups in total. The second-order valence-corrected chi connectivity index (χ2v) is 6.24. The van der Waals surface area contributed by atoms with Crippen LogP contribution in [0.5, 0.6) is 5.75 Å². The number of benzene rings is 1. The maximum absolute atomic E-state index is 12.0. The third-order valence-corrected chi connectivity index (χ3v) is 4.43. The molecule has 1 heterocycles. The third-order valence-electron chi connectivity index (χ3n) is 3.62. The van der Waals surface area contributed by atoms with Gasteiger partial charge in [0.2, 0.25) is 0 Å². The van der Waals surface area contributed by atoms with Crippen LogP contribution in [0.4, 0.5) is 0 Å². The SMILES string of the molecule is O=C(N/N=C\c1cccs1)c1ccc(OC2CCCC2)cc1. The molecular formula is C17H18N2O2S. The van der Waals surface area contributed by atoms with Gasteiger partial charge in [-0.05, 0) is 61.4 Å². The highest BCUT2D eigenvalue weighted by atomic mass is 32.1. The van der Waals surface area contributed by atoms with Crippen molar-refractivity contribution in [3.8, 4) is 5.75 Å². The van der Waals surface area contributed by atoms with Gasteiger partial charge in [0.1, 0.15) is 5.75 Å². The lowest BCUT2D eigenvalue weighted by molar-refractivity contribution is 0.0955. The monoisotopic (exact) mass is 314 g/mol. The lowest BCUT2D eigenvalue weighted by Gasteiger charge is -2.12. The number of carbonyl (C=O) groups excluding carboxylic acids is 1. The van der Waals surface area contributed by atoms with Gasteiger partial charge in [-0.3, -0.25) is 4.79 Å². The first-order chi connectivity index (χ1) is 10.8. The standard InChI is InChI=1S/C17H18N2O2S/c20-17(19-18-12-16-6-3-11-22-16)13-7-9-15(10-8-13)21-14-4-1-2-5-14/h3,6-12,14H,1-2,4-5H2,(H,19,20)/b18-12-. The number of rotatable bonds is 5. The smallest absolute Gasteiger partial charge is 0.271 e. The molecule has 1 aliphatic rings. The fourth-order valence-electron chi connectivity index (χ4n) is 2.47. The van der Waals surface area contributed by atoms with E-state index in [-0.39, 0.29) is 5.91 Å². The maximum atomic E-state index is 12.0. The number of thiophene rings is 1. The Hall–Kier alpha value is -2.14. The van der Waals surface area contributed by atoms with Gasteiger partial charge in [-0.2, -0.15) is 5.10 Å². The molecule has 5 heteroatoms. The fourth-order valence-corrected chi connectivity index (χ4v) is 3.05. The Balaban J connectivity index is 1.54. The van der Waals surface area contributed by atoms with Gasteiger partial charge in [-0.1, -0.05) is 6.07 Å². The van der Waals surface area contributed by atoms with E-state index in [1.54, 1.807) is 29.7 Å². The molecule has 1 fully saturated rings. The van der Waals surface area contributed by atoms with Crippen molar-refractivity contribution in [2.24, 2.45) is 5.10 Å². The Bertz CT molecular complexity index is 629. The van der Waals surface area contributed by atoms with E-state index in [4.69, 9.17) is 4.74 Å². The number of carbonyl (C=O) groups is 1. The van der Waals surface area contributed by atoms with Crippen LogP contribution >= 0.6 is 11.3 Å². The van der Waals surface area contributed by atoms with E-state index in [0.29, 0.717) is 11.7 Å². The summed E-state index contributed by atoms with van der Waals surface area (Å²) < 4.78 is 5.88. The molecule has 22 heavy (non-hydrogen) atoms. The minimum atomic E-state index is -0.222. The first-order valence-electron chi connectivity index (χ1n) is 7.45. The van der Waals surface area contributed by atoms with E-state index in [1.165, 1.54) is 12.8 Å². The normalized spacial score (nSPS) is 15.3. The van der Waals surface area contributed by atoms with Gasteiger partial charge < -0.3 is 4.74 Å². The summed E-state index contributed by atoms with van der Waals surface area (Å²) in [5.74, 6) is 0.603. The summed E-state index contributed by atoms with van der Waals surface area (Å²) >= 11 is 1.57. The molecule has 1 aromatic carbocycles. The average molecular weight is 314 g/mol. The topological polar surface area (TPSA) is 50.7 Å². The van der Waals surface area contributed by atoms with Crippen molar-refractivity contribution >= 4 is 23.5 Å². The predicted octanol–water partition coefficient (Wildman–Crippen LogP) is 3.83. The molecule has 0 atom stereocenters. The molecule has 1 saturated carbocycles. The van der Waals surface area contributed by atoms with Crippen LogP contribution in [-0.2, 0) is 0 Å². The predicted molar refractivity (Wildman–Crippen MR) is 88.7 cm³/mol. The highest BCUT2D eigenvalue weighted by Gasteiger charge is 2.16. The second-order valence-electron chi connectivity index (χ2n) is 5.26. The number of amides is 1. The molecule has 3 rings (SSSR count). The number of nitrogens with one attached hydrogen (secondary N) is 1. The summed E-state index contributed by atoms with van der Waals surface area (Å²) in [7, 11) is 0. The van der Waals surface area contributed by atoms with Gasteiger partial charge >= 0.3 is 0 Å². The Morgan fingerprint density at radius 2 is 2.00 bits per heavy atom. The lowest BCUT2D eigenvalue weighted by atomic mass is 10.2. The molecule has 0 aliphatic heterocycles. The van der Waals surface area contributed by atoms with Crippen molar-refractivity contribution in [2.45, 2.75) is 31.8 Å². The summed E-state index contributed by atoms with van der Waals surface area (Å²) in [6.45, 7) is 0. The molecule has 0 unspecified atom stereocenters. The lowest BCUT2D eigenvalue weighted by Crippen LogP contribution is -2.17. The molecular weight excluding hydrogens is 296 g/mol. The fraction of sp³-hybridized carbons (Fsp3) is 0.294. The highest BCUT2D eigenvalue weighted by molar-refractivity contribution is 7.11. The van der Waals surface area contributed by atoms with E-state index in [0.717, 1.165) is 23.5 Å². The van der Waals surface area contributed by atoms with Crippen molar-refractivity contribution < 1.29 is 9.53 Å². The van der Waals surface area contributed by atoms with Crippen molar-refractivity contribution in [1.29, 1.82) is 0 Å². The van der Waals surface area contributed by atoms with Crippen molar-refractivity contribution in [2.75, 3.05) is 0 Å². The summed E-state index contributed by atoms with van der Waals surface area (Å²) in [6.07, 6.45) is 6.70. The Kier molecular flexibility index (Phi) is 4.85. The van der Waals surface area contributed by atoms with E-state index < -0.39 is 0 Å². The van der Waals surface area contributed by atoms with Crippen LogP contribution in [0.25, 0.3) is 0 Å². The number of hydrazone groups is 1. The summed E-state index contributed by atoms with van der Waals surface area (Å²) in [4.78, 5) is 13.0. The molecule has 0 bridgehead atoms. The van der Waals surface area contributed by atoms with Crippen LogP contribution in [0.3, 0.4) is 0 Å². The van der Waals surface area contributed by atoms with Crippen LogP contribution in [0.15, 0.2) is 46.9 Å². The average Bonchev–Trinajstić information content (AvgIpc) is 3.21. The second kappa shape index (κ2) is 7.22. The molecule has 0 radical (unpaired) electrons. The molecule has 4 nitrogen and oxygen atoms in total. The molecule has 2 aromatic rings. The van der Waals surface area contributed by atoms with Gasteiger partial charge in [0.15, 0.2) is 0 Å². The van der Waals surface area contributed by atoms with Crippen LogP contribution in [0.2, 0.25) is 0 Å². The quantitative estimate of drug-likeness (QED) is 0.673.